The smallest absolute Gasteiger partial charge is 0.257 e. The van der Waals surface area contributed by atoms with Gasteiger partial charge in [-0.3, -0.25) is 14.9 Å². The quantitative estimate of drug-likeness (QED) is 0.618. The third-order valence-corrected chi connectivity index (χ3v) is 6.66. The van der Waals surface area contributed by atoms with Crippen LogP contribution in [0.1, 0.15) is 48.2 Å². The summed E-state index contributed by atoms with van der Waals surface area (Å²) >= 11 is 1.34. The van der Waals surface area contributed by atoms with Crippen LogP contribution in [0, 0.1) is 11.8 Å². The fourth-order valence-electron chi connectivity index (χ4n) is 4.63. The van der Waals surface area contributed by atoms with Gasteiger partial charge in [0.05, 0.1) is 12.1 Å². The molecule has 1 heterocycles. The molecule has 0 saturated heterocycles. The van der Waals surface area contributed by atoms with Crippen molar-refractivity contribution in [1.29, 1.82) is 0 Å². The van der Waals surface area contributed by atoms with Crippen LogP contribution in [0.25, 0.3) is 0 Å². The second-order valence-corrected chi connectivity index (χ2v) is 8.77. The average Bonchev–Trinajstić information content (AvgIpc) is 3.10. The van der Waals surface area contributed by atoms with Crippen LogP contribution in [0.5, 0.6) is 0 Å². The van der Waals surface area contributed by atoms with Crippen LogP contribution in [0.4, 0.5) is 5.13 Å². The number of thiazole rings is 1. The van der Waals surface area contributed by atoms with Crippen molar-refractivity contribution in [2.45, 2.75) is 50.6 Å². The number of fused-ring (bicyclic) bond motifs is 2. The van der Waals surface area contributed by atoms with Crippen molar-refractivity contribution >= 4 is 53.1 Å². The number of hydrogen-bond donors (Lipinski definition) is 3. The molecule has 2 atom stereocenters. The van der Waals surface area contributed by atoms with Crippen LogP contribution in [-0.2, 0) is 11.2 Å². The summed E-state index contributed by atoms with van der Waals surface area (Å²) in [6.07, 6.45) is 5.80. The molecule has 2 bridgehead atoms. The minimum atomic E-state index is -0.197. The Hall–Kier alpha value is -1.67. The number of rotatable bonds is 5. The Bertz CT molecular complexity index is 835. The van der Waals surface area contributed by atoms with Gasteiger partial charge in [-0.05, 0) is 49.7 Å². The number of nitrogens with two attached hydrogens (primary N) is 1. The van der Waals surface area contributed by atoms with Crippen molar-refractivity contribution in [2.24, 2.45) is 17.6 Å². The van der Waals surface area contributed by atoms with Gasteiger partial charge in [0, 0.05) is 23.0 Å². The number of halogens is 2. The molecule has 2 amide bonds. The summed E-state index contributed by atoms with van der Waals surface area (Å²) in [7, 11) is 0. The second kappa shape index (κ2) is 11.1. The van der Waals surface area contributed by atoms with E-state index in [1.807, 2.05) is 23.6 Å². The Kier molecular flexibility index (Phi) is 9.09. The van der Waals surface area contributed by atoms with Crippen molar-refractivity contribution in [2.75, 3.05) is 5.32 Å². The SMILES string of the molecule is Cl.Cl.NC1CC2CCCC(C1)C2NC(=O)Cc1csc(NC(=O)c2ccccc2)n1. The van der Waals surface area contributed by atoms with Crippen molar-refractivity contribution in [1.82, 2.24) is 10.3 Å². The molecule has 2 fully saturated rings. The zero-order valence-corrected chi connectivity index (χ0v) is 19.0. The van der Waals surface area contributed by atoms with Gasteiger partial charge in [-0.2, -0.15) is 0 Å². The fourth-order valence-corrected chi connectivity index (χ4v) is 5.34. The number of amides is 2. The van der Waals surface area contributed by atoms with E-state index in [0.717, 1.165) is 25.7 Å². The molecule has 0 spiro atoms. The molecule has 2 saturated carbocycles. The zero-order chi connectivity index (χ0) is 19.5. The predicted octanol–water partition coefficient (Wildman–Crippen LogP) is 3.80. The van der Waals surface area contributed by atoms with Crippen LogP contribution in [0.15, 0.2) is 35.7 Å². The highest BCUT2D eigenvalue weighted by Crippen LogP contribution is 2.39. The van der Waals surface area contributed by atoms with Crippen LogP contribution >= 0.6 is 36.2 Å². The Labute approximate surface area is 193 Å². The van der Waals surface area contributed by atoms with E-state index in [2.05, 4.69) is 15.6 Å². The number of aromatic nitrogens is 1. The first kappa shape index (κ1) is 24.6. The normalized spacial score (nSPS) is 24.7. The van der Waals surface area contributed by atoms with Gasteiger partial charge < -0.3 is 11.1 Å². The molecule has 1 aromatic carbocycles. The van der Waals surface area contributed by atoms with Gasteiger partial charge in [-0.1, -0.05) is 24.6 Å². The topological polar surface area (TPSA) is 97.1 Å². The molecular formula is C21H28Cl2N4O2S. The summed E-state index contributed by atoms with van der Waals surface area (Å²) in [6.45, 7) is 0. The Morgan fingerprint density at radius 3 is 2.43 bits per heavy atom. The maximum absolute atomic E-state index is 12.6. The lowest BCUT2D eigenvalue weighted by atomic mass is 9.67. The second-order valence-electron chi connectivity index (χ2n) is 7.92. The number of carbonyl (C=O) groups excluding carboxylic acids is 2. The predicted molar refractivity (Wildman–Crippen MR) is 125 cm³/mol. The van der Waals surface area contributed by atoms with E-state index in [9.17, 15) is 9.59 Å². The number of carbonyl (C=O) groups is 2. The van der Waals surface area contributed by atoms with Gasteiger partial charge in [0.1, 0.15) is 0 Å². The number of nitrogens with zero attached hydrogens (tertiary/aromatic N) is 1. The first-order valence-electron chi connectivity index (χ1n) is 9.94. The Morgan fingerprint density at radius 2 is 1.77 bits per heavy atom. The molecule has 2 aliphatic rings. The minimum absolute atomic E-state index is 0. The van der Waals surface area contributed by atoms with E-state index >= 15 is 0 Å². The van der Waals surface area contributed by atoms with E-state index in [4.69, 9.17) is 5.73 Å². The minimum Gasteiger partial charge on any atom is -0.352 e. The zero-order valence-electron chi connectivity index (χ0n) is 16.6. The summed E-state index contributed by atoms with van der Waals surface area (Å²) in [6, 6.07) is 9.54. The van der Waals surface area contributed by atoms with Gasteiger partial charge in [0.2, 0.25) is 5.91 Å². The first-order valence-corrected chi connectivity index (χ1v) is 10.8. The molecule has 0 aliphatic heterocycles. The summed E-state index contributed by atoms with van der Waals surface area (Å²) in [5.74, 6) is 0.811. The highest BCUT2D eigenvalue weighted by Gasteiger charge is 2.39. The van der Waals surface area contributed by atoms with Crippen LogP contribution in [0.3, 0.4) is 0 Å². The number of nitrogens with one attached hydrogen (secondary N) is 2. The van der Waals surface area contributed by atoms with Gasteiger partial charge in [-0.15, -0.1) is 36.2 Å². The molecule has 6 nitrogen and oxygen atoms in total. The molecule has 4 N–H and O–H groups in total. The van der Waals surface area contributed by atoms with Gasteiger partial charge in [0.25, 0.3) is 5.91 Å². The largest absolute Gasteiger partial charge is 0.352 e. The van der Waals surface area contributed by atoms with Crippen LogP contribution in [0.2, 0.25) is 0 Å². The third-order valence-electron chi connectivity index (χ3n) is 5.85. The number of hydrogen-bond acceptors (Lipinski definition) is 5. The standard InChI is InChI=1S/C21H26N4O2S.2ClH/c22-16-9-14-7-4-8-15(10-16)19(14)24-18(26)11-17-12-28-21(23-17)25-20(27)13-5-2-1-3-6-13;;/h1-3,5-6,12,14-16,19H,4,7-11,22H2,(H,24,26)(H,23,25,27);2*1H. The summed E-state index contributed by atoms with van der Waals surface area (Å²) in [4.78, 5) is 29.2. The molecule has 30 heavy (non-hydrogen) atoms. The lowest BCUT2D eigenvalue weighted by Gasteiger charge is -2.45. The van der Waals surface area contributed by atoms with E-state index in [1.165, 1.54) is 17.8 Å². The molecule has 2 aromatic rings. The Balaban J connectivity index is 0.00000160. The molecule has 2 aliphatic carbocycles. The fraction of sp³-hybridized carbons (Fsp3) is 0.476. The van der Waals surface area contributed by atoms with E-state index in [-0.39, 0.29) is 55.1 Å². The molecular weight excluding hydrogens is 443 g/mol. The average molecular weight is 471 g/mol. The molecule has 9 heteroatoms. The lowest BCUT2D eigenvalue weighted by molar-refractivity contribution is -0.122. The lowest BCUT2D eigenvalue weighted by Crippen LogP contribution is -2.54. The summed E-state index contributed by atoms with van der Waals surface area (Å²) in [5.41, 5.74) is 7.44. The van der Waals surface area contributed by atoms with Crippen LogP contribution < -0.4 is 16.4 Å². The van der Waals surface area contributed by atoms with Gasteiger partial charge in [0.15, 0.2) is 5.13 Å². The summed E-state index contributed by atoms with van der Waals surface area (Å²) < 4.78 is 0. The summed E-state index contributed by atoms with van der Waals surface area (Å²) in [5, 5.41) is 8.38. The molecule has 1 aromatic heterocycles. The maximum Gasteiger partial charge on any atom is 0.257 e. The molecule has 0 radical (unpaired) electrons. The Morgan fingerprint density at radius 1 is 1.10 bits per heavy atom. The maximum atomic E-state index is 12.6. The van der Waals surface area contributed by atoms with Crippen LogP contribution in [-0.4, -0.2) is 28.9 Å². The molecule has 164 valence electrons. The number of benzene rings is 1. The third kappa shape index (κ3) is 5.94. The molecule has 2 unspecified atom stereocenters. The van der Waals surface area contributed by atoms with Crippen molar-refractivity contribution in [3.8, 4) is 0 Å². The number of anilines is 1. The highest BCUT2D eigenvalue weighted by molar-refractivity contribution is 7.14. The van der Waals surface area contributed by atoms with Gasteiger partial charge >= 0.3 is 0 Å². The highest BCUT2D eigenvalue weighted by atomic mass is 35.5. The van der Waals surface area contributed by atoms with E-state index in [1.54, 1.807) is 12.1 Å². The first-order chi connectivity index (χ1) is 13.6. The molecule has 4 rings (SSSR count). The van der Waals surface area contributed by atoms with Gasteiger partial charge in [-0.25, -0.2) is 4.98 Å². The van der Waals surface area contributed by atoms with E-state index < -0.39 is 0 Å². The van der Waals surface area contributed by atoms with Crippen molar-refractivity contribution in [3.05, 3.63) is 47.0 Å². The van der Waals surface area contributed by atoms with Crippen molar-refractivity contribution < 1.29 is 9.59 Å². The van der Waals surface area contributed by atoms with E-state index in [0.29, 0.717) is 28.2 Å². The monoisotopic (exact) mass is 470 g/mol. The van der Waals surface area contributed by atoms with Crippen molar-refractivity contribution in [3.63, 3.8) is 0 Å².